The predicted octanol–water partition coefficient (Wildman–Crippen LogP) is 3.90. The second-order valence-electron chi connectivity index (χ2n) is 4.64. The SMILES string of the molecule is O=C1C(Cl)C(CCCl)CN1c1cccc(C(F)(F)F)c1. The Hall–Kier alpha value is -0.940. The van der Waals surface area contributed by atoms with Gasteiger partial charge in [-0.1, -0.05) is 6.07 Å². The molecular weight excluding hydrogens is 314 g/mol. The summed E-state index contributed by atoms with van der Waals surface area (Å²) < 4.78 is 38.0. The third-order valence-corrected chi connectivity index (χ3v) is 4.06. The van der Waals surface area contributed by atoms with Crippen LogP contribution >= 0.6 is 23.2 Å². The molecular formula is C13H12Cl2F3NO. The molecule has 0 spiro atoms. The Morgan fingerprint density at radius 2 is 2.05 bits per heavy atom. The average Bonchev–Trinajstić information content (AvgIpc) is 2.67. The minimum absolute atomic E-state index is 0.142. The van der Waals surface area contributed by atoms with Crippen LogP contribution in [0.4, 0.5) is 18.9 Å². The topological polar surface area (TPSA) is 20.3 Å². The zero-order valence-electron chi connectivity index (χ0n) is 10.3. The van der Waals surface area contributed by atoms with Gasteiger partial charge in [0.25, 0.3) is 0 Å². The first kappa shape index (κ1) is 15.4. The Balaban J connectivity index is 2.26. The molecule has 2 nitrogen and oxygen atoms in total. The van der Waals surface area contributed by atoms with Gasteiger partial charge in [-0.3, -0.25) is 4.79 Å². The van der Waals surface area contributed by atoms with E-state index < -0.39 is 17.1 Å². The molecule has 1 aromatic carbocycles. The molecule has 0 radical (unpaired) electrons. The molecule has 2 atom stereocenters. The second-order valence-corrected chi connectivity index (χ2v) is 5.48. The van der Waals surface area contributed by atoms with E-state index in [1.165, 1.54) is 17.0 Å². The van der Waals surface area contributed by atoms with E-state index in [4.69, 9.17) is 23.2 Å². The smallest absolute Gasteiger partial charge is 0.311 e. The predicted molar refractivity (Wildman–Crippen MR) is 72.3 cm³/mol. The standard InChI is InChI=1S/C13H12Cl2F3NO/c14-5-4-8-7-19(12(20)11(8)15)10-3-1-2-9(6-10)13(16,17)18/h1-3,6,8,11H,4-5,7H2. The Labute approximate surface area is 124 Å². The van der Waals surface area contributed by atoms with Crippen molar-refractivity contribution in [2.75, 3.05) is 17.3 Å². The highest BCUT2D eigenvalue weighted by Crippen LogP contribution is 2.35. The van der Waals surface area contributed by atoms with Gasteiger partial charge in [-0.2, -0.15) is 13.2 Å². The fraction of sp³-hybridized carbons (Fsp3) is 0.462. The molecule has 0 N–H and O–H groups in total. The van der Waals surface area contributed by atoms with Crippen LogP contribution in [0.2, 0.25) is 0 Å². The van der Waals surface area contributed by atoms with Crippen LogP contribution in [-0.4, -0.2) is 23.7 Å². The van der Waals surface area contributed by atoms with Crippen LogP contribution in [0.15, 0.2) is 24.3 Å². The highest BCUT2D eigenvalue weighted by molar-refractivity contribution is 6.34. The number of rotatable bonds is 3. The summed E-state index contributed by atoms with van der Waals surface area (Å²) in [5, 5.41) is -0.733. The lowest BCUT2D eigenvalue weighted by Crippen LogP contribution is -2.27. The number of amides is 1. The summed E-state index contributed by atoms with van der Waals surface area (Å²) in [6, 6.07) is 4.69. The van der Waals surface area contributed by atoms with Gasteiger partial charge in [-0.25, -0.2) is 0 Å². The van der Waals surface area contributed by atoms with Crippen molar-refractivity contribution in [1.82, 2.24) is 0 Å². The molecule has 20 heavy (non-hydrogen) atoms. The highest BCUT2D eigenvalue weighted by Gasteiger charge is 2.40. The third kappa shape index (κ3) is 3.04. The van der Waals surface area contributed by atoms with Gasteiger partial charge in [0.1, 0.15) is 5.38 Å². The molecule has 2 rings (SSSR count). The maximum absolute atomic E-state index is 12.7. The van der Waals surface area contributed by atoms with Crippen LogP contribution in [0.25, 0.3) is 0 Å². The molecule has 0 bridgehead atoms. The number of benzene rings is 1. The molecule has 1 fully saturated rings. The minimum Gasteiger partial charge on any atom is -0.311 e. The van der Waals surface area contributed by atoms with E-state index in [2.05, 4.69) is 0 Å². The minimum atomic E-state index is -4.44. The van der Waals surface area contributed by atoms with Crippen LogP contribution in [0.3, 0.4) is 0 Å². The summed E-state index contributed by atoms with van der Waals surface area (Å²) in [4.78, 5) is 13.3. The molecule has 1 saturated heterocycles. The monoisotopic (exact) mass is 325 g/mol. The van der Waals surface area contributed by atoms with Crippen molar-refractivity contribution in [3.63, 3.8) is 0 Å². The van der Waals surface area contributed by atoms with E-state index in [0.717, 1.165) is 12.1 Å². The van der Waals surface area contributed by atoms with E-state index in [0.29, 0.717) is 18.8 Å². The third-order valence-electron chi connectivity index (χ3n) is 3.30. The summed E-state index contributed by atoms with van der Waals surface area (Å²) >= 11 is 11.6. The molecule has 0 saturated carbocycles. The molecule has 7 heteroatoms. The zero-order chi connectivity index (χ0) is 14.9. The van der Waals surface area contributed by atoms with Gasteiger partial charge in [0.2, 0.25) is 5.91 Å². The number of hydrogen-bond donors (Lipinski definition) is 0. The van der Waals surface area contributed by atoms with Gasteiger partial charge in [0.05, 0.1) is 5.56 Å². The molecule has 0 aliphatic carbocycles. The zero-order valence-corrected chi connectivity index (χ0v) is 11.8. The highest BCUT2D eigenvalue weighted by atomic mass is 35.5. The van der Waals surface area contributed by atoms with Gasteiger partial charge in [0.15, 0.2) is 0 Å². The summed E-state index contributed by atoms with van der Waals surface area (Å²) in [6.45, 7) is 0.293. The maximum Gasteiger partial charge on any atom is 0.416 e. The van der Waals surface area contributed by atoms with Gasteiger partial charge < -0.3 is 4.90 Å². The fourth-order valence-corrected chi connectivity index (χ4v) is 2.83. The number of alkyl halides is 5. The molecule has 0 aromatic heterocycles. The Bertz CT molecular complexity index is 507. The number of nitrogens with zero attached hydrogens (tertiary/aromatic N) is 1. The number of halogens is 5. The van der Waals surface area contributed by atoms with Crippen LogP contribution in [-0.2, 0) is 11.0 Å². The number of anilines is 1. The van der Waals surface area contributed by atoms with Gasteiger partial charge in [-0.05, 0) is 24.6 Å². The van der Waals surface area contributed by atoms with Crippen LogP contribution in [0.5, 0.6) is 0 Å². The van der Waals surface area contributed by atoms with Crippen LogP contribution < -0.4 is 4.90 Å². The molecule has 1 aliphatic heterocycles. The van der Waals surface area contributed by atoms with Gasteiger partial charge in [0, 0.05) is 24.0 Å². The van der Waals surface area contributed by atoms with Crippen molar-refractivity contribution in [3.8, 4) is 0 Å². The Morgan fingerprint density at radius 3 is 2.65 bits per heavy atom. The lowest BCUT2D eigenvalue weighted by Gasteiger charge is -2.18. The summed E-state index contributed by atoms with van der Waals surface area (Å²) in [6.07, 6.45) is -3.88. The molecule has 1 aliphatic rings. The first-order valence-electron chi connectivity index (χ1n) is 6.03. The van der Waals surface area contributed by atoms with Crippen LogP contribution in [0, 0.1) is 5.92 Å². The first-order chi connectivity index (χ1) is 9.34. The number of hydrogen-bond acceptors (Lipinski definition) is 1. The van der Waals surface area contributed by atoms with Crippen molar-refractivity contribution in [2.45, 2.75) is 18.0 Å². The number of carbonyl (C=O) groups is 1. The van der Waals surface area contributed by atoms with Gasteiger partial charge >= 0.3 is 6.18 Å². The maximum atomic E-state index is 12.7. The van der Waals surface area contributed by atoms with E-state index in [9.17, 15) is 18.0 Å². The average molecular weight is 326 g/mol. The normalized spacial score (nSPS) is 23.4. The van der Waals surface area contributed by atoms with Crippen molar-refractivity contribution < 1.29 is 18.0 Å². The molecule has 1 amide bonds. The van der Waals surface area contributed by atoms with E-state index in [1.807, 2.05) is 0 Å². The largest absolute Gasteiger partial charge is 0.416 e. The van der Waals surface area contributed by atoms with Crippen molar-refractivity contribution in [1.29, 1.82) is 0 Å². The summed E-state index contributed by atoms with van der Waals surface area (Å²) in [7, 11) is 0. The van der Waals surface area contributed by atoms with E-state index in [1.54, 1.807) is 0 Å². The van der Waals surface area contributed by atoms with E-state index in [-0.39, 0.29) is 17.5 Å². The lowest BCUT2D eigenvalue weighted by atomic mass is 10.1. The quantitative estimate of drug-likeness (QED) is 0.772. The van der Waals surface area contributed by atoms with Crippen molar-refractivity contribution in [3.05, 3.63) is 29.8 Å². The fourth-order valence-electron chi connectivity index (χ4n) is 2.23. The van der Waals surface area contributed by atoms with Gasteiger partial charge in [-0.15, -0.1) is 23.2 Å². The number of carbonyl (C=O) groups excluding carboxylic acids is 1. The first-order valence-corrected chi connectivity index (χ1v) is 7.00. The molecule has 1 heterocycles. The van der Waals surface area contributed by atoms with Crippen LogP contribution in [0.1, 0.15) is 12.0 Å². The molecule has 110 valence electrons. The Kier molecular flexibility index (Phi) is 4.49. The summed E-state index contributed by atoms with van der Waals surface area (Å²) in [5.74, 6) is -0.158. The van der Waals surface area contributed by atoms with Crippen molar-refractivity contribution in [2.24, 2.45) is 5.92 Å². The second kappa shape index (κ2) is 5.82. The lowest BCUT2D eigenvalue weighted by molar-refractivity contribution is -0.137. The van der Waals surface area contributed by atoms with E-state index >= 15 is 0 Å². The Morgan fingerprint density at radius 1 is 1.35 bits per heavy atom. The molecule has 2 unspecified atom stereocenters. The summed E-state index contributed by atoms with van der Waals surface area (Å²) in [5.41, 5.74) is -0.567. The molecule has 1 aromatic rings. The van der Waals surface area contributed by atoms with Crippen molar-refractivity contribution >= 4 is 34.8 Å².